The van der Waals surface area contributed by atoms with Crippen LogP contribution in [0.3, 0.4) is 0 Å². The van der Waals surface area contributed by atoms with Crippen LogP contribution < -0.4 is 18.9 Å². The fraction of sp³-hybridized carbons (Fsp3) is 0.667. The number of rotatable bonds is 11. The topological polar surface area (TPSA) is 0 Å². The molecule has 0 heterocycles. The fourth-order valence-electron chi connectivity index (χ4n) is 2.39. The summed E-state index contributed by atoms with van der Waals surface area (Å²) in [5, 5.41) is 0. The van der Waals surface area contributed by atoms with Gasteiger partial charge >= 0.3 is 18.9 Å². The molecule has 0 bridgehead atoms. The second-order valence-corrected chi connectivity index (χ2v) is 5.32. The van der Waals surface area contributed by atoms with Crippen LogP contribution in [0, 0.1) is 6.07 Å². The molecule has 0 saturated heterocycles. The normalized spacial score (nSPS) is 10.2. The van der Waals surface area contributed by atoms with Crippen molar-refractivity contribution in [3.8, 4) is 0 Å². The molecule has 0 saturated carbocycles. The zero-order valence-corrected chi connectivity index (χ0v) is 13.1. The predicted octanol–water partition coefficient (Wildman–Crippen LogP) is 2.95. The SMILES string of the molecule is CCCCCCCCCCCCc1[c-]cccc1.[Li+]. The van der Waals surface area contributed by atoms with Gasteiger partial charge in [0.05, 0.1) is 0 Å². The molecule has 0 unspecified atom stereocenters. The molecule has 19 heavy (non-hydrogen) atoms. The Morgan fingerprint density at radius 1 is 0.789 bits per heavy atom. The molecule has 102 valence electrons. The van der Waals surface area contributed by atoms with Crippen molar-refractivity contribution in [2.24, 2.45) is 0 Å². The molecule has 1 rings (SSSR count). The van der Waals surface area contributed by atoms with E-state index in [-0.39, 0.29) is 18.9 Å². The average Bonchev–Trinajstić information content (AvgIpc) is 2.42. The van der Waals surface area contributed by atoms with Crippen molar-refractivity contribution in [3.05, 3.63) is 35.9 Å². The van der Waals surface area contributed by atoms with Gasteiger partial charge in [-0.05, 0) is 0 Å². The Kier molecular flexibility index (Phi) is 14.1. The first kappa shape index (κ1) is 18.8. The molecular formula is C18H29Li. The Balaban J connectivity index is 0.00000324. The van der Waals surface area contributed by atoms with Gasteiger partial charge in [0.15, 0.2) is 0 Å². The van der Waals surface area contributed by atoms with E-state index >= 15 is 0 Å². The van der Waals surface area contributed by atoms with Gasteiger partial charge in [0, 0.05) is 0 Å². The van der Waals surface area contributed by atoms with Gasteiger partial charge in [-0.15, -0.1) is 0 Å². The molecule has 0 radical (unpaired) electrons. The van der Waals surface area contributed by atoms with E-state index in [9.17, 15) is 0 Å². The van der Waals surface area contributed by atoms with E-state index < -0.39 is 0 Å². The van der Waals surface area contributed by atoms with Crippen LogP contribution in [0.2, 0.25) is 0 Å². The smallest absolute Gasteiger partial charge is 0.180 e. The summed E-state index contributed by atoms with van der Waals surface area (Å²) in [6.45, 7) is 2.28. The Bertz CT molecular complexity index is 268. The van der Waals surface area contributed by atoms with Gasteiger partial charge in [-0.3, -0.25) is 0 Å². The molecular weight excluding hydrogens is 223 g/mol. The fourth-order valence-corrected chi connectivity index (χ4v) is 2.39. The Labute approximate surface area is 132 Å². The molecule has 0 spiro atoms. The van der Waals surface area contributed by atoms with Crippen LogP contribution in [0.4, 0.5) is 0 Å². The zero-order chi connectivity index (χ0) is 12.9. The summed E-state index contributed by atoms with van der Waals surface area (Å²) in [4.78, 5) is 0. The Hall–Kier alpha value is -0.183. The van der Waals surface area contributed by atoms with E-state index in [1.165, 1.54) is 76.2 Å². The third-order valence-electron chi connectivity index (χ3n) is 3.57. The first-order chi connectivity index (χ1) is 8.93. The van der Waals surface area contributed by atoms with Crippen LogP contribution in [-0.4, -0.2) is 0 Å². The van der Waals surface area contributed by atoms with Crippen LogP contribution >= 0.6 is 0 Å². The number of hydrogen-bond donors (Lipinski definition) is 0. The first-order valence-electron chi connectivity index (χ1n) is 7.89. The minimum absolute atomic E-state index is 0. The van der Waals surface area contributed by atoms with Crippen LogP contribution in [0.15, 0.2) is 24.3 Å². The maximum absolute atomic E-state index is 3.30. The molecule has 1 heteroatoms. The van der Waals surface area contributed by atoms with E-state index in [1.54, 1.807) is 0 Å². The van der Waals surface area contributed by atoms with Gasteiger partial charge in [0.1, 0.15) is 0 Å². The maximum Gasteiger partial charge on any atom is 1.00 e. The van der Waals surface area contributed by atoms with Crippen molar-refractivity contribution in [1.29, 1.82) is 0 Å². The molecule has 0 aliphatic carbocycles. The van der Waals surface area contributed by atoms with Gasteiger partial charge in [0.25, 0.3) is 0 Å². The summed E-state index contributed by atoms with van der Waals surface area (Å²) < 4.78 is 0. The number of unbranched alkanes of at least 4 members (excludes halogenated alkanes) is 9. The average molecular weight is 252 g/mol. The molecule has 1 aromatic rings. The minimum atomic E-state index is 0. The molecule has 0 nitrogen and oxygen atoms in total. The van der Waals surface area contributed by atoms with Crippen LogP contribution in [0.1, 0.15) is 76.7 Å². The van der Waals surface area contributed by atoms with Crippen LogP contribution in [0.5, 0.6) is 0 Å². The number of benzene rings is 1. The van der Waals surface area contributed by atoms with Gasteiger partial charge in [-0.25, -0.2) is 0 Å². The van der Waals surface area contributed by atoms with E-state index in [1.807, 2.05) is 12.1 Å². The predicted molar refractivity (Wildman–Crippen MR) is 80.8 cm³/mol. The summed E-state index contributed by atoms with van der Waals surface area (Å²) in [7, 11) is 0. The molecule has 0 aromatic heterocycles. The van der Waals surface area contributed by atoms with Gasteiger partial charge in [-0.2, -0.15) is 35.9 Å². The monoisotopic (exact) mass is 252 g/mol. The molecule has 0 aliphatic rings. The van der Waals surface area contributed by atoms with E-state index in [0.29, 0.717) is 0 Å². The largest absolute Gasteiger partial charge is 1.00 e. The summed E-state index contributed by atoms with van der Waals surface area (Å²) in [6.07, 6.45) is 15.3. The zero-order valence-electron chi connectivity index (χ0n) is 13.1. The van der Waals surface area contributed by atoms with Crippen LogP contribution in [0.25, 0.3) is 0 Å². The second kappa shape index (κ2) is 14.2. The van der Waals surface area contributed by atoms with E-state index in [2.05, 4.69) is 25.1 Å². The third-order valence-corrected chi connectivity index (χ3v) is 3.57. The molecule has 1 aromatic carbocycles. The second-order valence-electron chi connectivity index (χ2n) is 5.32. The van der Waals surface area contributed by atoms with Crippen molar-refractivity contribution in [1.82, 2.24) is 0 Å². The van der Waals surface area contributed by atoms with Crippen molar-refractivity contribution < 1.29 is 18.9 Å². The van der Waals surface area contributed by atoms with Crippen molar-refractivity contribution in [3.63, 3.8) is 0 Å². The van der Waals surface area contributed by atoms with Crippen molar-refractivity contribution in [2.45, 2.75) is 77.6 Å². The molecule has 0 N–H and O–H groups in total. The molecule has 0 aliphatic heterocycles. The van der Waals surface area contributed by atoms with Crippen LogP contribution in [-0.2, 0) is 6.42 Å². The number of hydrogen-bond acceptors (Lipinski definition) is 0. The standard InChI is InChI=1S/C18H29.Li/c1-2-3-4-5-6-7-8-9-10-12-15-18-16-13-11-14-17-18;/h11,13-14,16H,2-10,12,15H2,1H3;/q-1;+1. The maximum atomic E-state index is 3.30. The summed E-state index contributed by atoms with van der Waals surface area (Å²) in [6, 6.07) is 11.7. The van der Waals surface area contributed by atoms with E-state index in [4.69, 9.17) is 0 Å². The van der Waals surface area contributed by atoms with Crippen molar-refractivity contribution >= 4 is 0 Å². The van der Waals surface area contributed by atoms with E-state index in [0.717, 1.165) is 0 Å². The molecule has 0 atom stereocenters. The van der Waals surface area contributed by atoms with Crippen molar-refractivity contribution in [2.75, 3.05) is 0 Å². The Morgan fingerprint density at radius 2 is 1.37 bits per heavy atom. The van der Waals surface area contributed by atoms with Gasteiger partial charge < -0.3 is 0 Å². The summed E-state index contributed by atoms with van der Waals surface area (Å²) >= 11 is 0. The first-order valence-corrected chi connectivity index (χ1v) is 7.89. The van der Waals surface area contributed by atoms with Gasteiger partial charge in [-0.1, -0.05) is 77.6 Å². The summed E-state index contributed by atoms with van der Waals surface area (Å²) in [5.74, 6) is 0. The third kappa shape index (κ3) is 11.4. The molecule has 0 fully saturated rings. The Morgan fingerprint density at radius 3 is 1.89 bits per heavy atom. The minimum Gasteiger partial charge on any atom is -0.180 e. The summed E-state index contributed by atoms with van der Waals surface area (Å²) in [5.41, 5.74) is 1.37. The van der Waals surface area contributed by atoms with Gasteiger partial charge in [0.2, 0.25) is 0 Å². The molecule has 0 amide bonds. The quantitative estimate of drug-likeness (QED) is 0.323. The number of aryl methyl sites for hydroxylation is 1.